The second kappa shape index (κ2) is 10.9. The molecule has 16 heteroatoms. The molecule has 6 N–H and O–H groups in total. The summed E-state index contributed by atoms with van der Waals surface area (Å²) in [6.45, 7) is 0.736. The Bertz CT molecular complexity index is 1430. The highest BCUT2D eigenvalue weighted by Crippen LogP contribution is 2.48. The molecule has 39 heavy (non-hydrogen) atoms. The van der Waals surface area contributed by atoms with Crippen LogP contribution in [0.3, 0.4) is 0 Å². The maximum Gasteiger partial charge on any atom is 0.406 e. The van der Waals surface area contributed by atoms with E-state index < -0.39 is 38.5 Å². The third-order valence-electron chi connectivity index (χ3n) is 6.17. The molecule has 0 saturated carbocycles. The number of aliphatic hydroxyl groups is 1. The van der Waals surface area contributed by atoms with Gasteiger partial charge in [-0.05, 0) is 30.2 Å². The van der Waals surface area contributed by atoms with E-state index in [4.69, 9.17) is 25.3 Å². The molecule has 0 aromatic carbocycles. The van der Waals surface area contributed by atoms with E-state index in [1.807, 2.05) is 0 Å². The van der Waals surface area contributed by atoms with Crippen LogP contribution >= 0.6 is 7.75 Å². The maximum absolute atomic E-state index is 15.9. The number of pyridine rings is 2. The highest BCUT2D eigenvalue weighted by molar-refractivity contribution is 7.51. The van der Waals surface area contributed by atoms with Crippen LogP contribution in [0.25, 0.3) is 11.2 Å². The SMILES string of the molecule is C[C@]1(F)[C@@H](O)[C@@H](COP(=O)(NCc2cccnc2)OCc2cccnc2)O[C@H]1n1cnc2c(N)nc(N)nc21. The zero-order valence-corrected chi connectivity index (χ0v) is 21.7. The van der Waals surface area contributed by atoms with Gasteiger partial charge in [0, 0.05) is 31.3 Å². The van der Waals surface area contributed by atoms with Crippen molar-refractivity contribution in [3.8, 4) is 0 Å². The van der Waals surface area contributed by atoms with Crippen LogP contribution in [0, 0.1) is 0 Å². The smallest absolute Gasteiger partial charge is 0.387 e. The summed E-state index contributed by atoms with van der Waals surface area (Å²) >= 11 is 0. The highest BCUT2D eigenvalue weighted by Gasteiger charge is 2.56. The van der Waals surface area contributed by atoms with Gasteiger partial charge in [-0.2, -0.15) is 9.97 Å². The van der Waals surface area contributed by atoms with Crippen molar-refractivity contribution in [1.82, 2.24) is 34.6 Å². The largest absolute Gasteiger partial charge is 0.406 e. The minimum atomic E-state index is -3.99. The first-order valence-electron chi connectivity index (χ1n) is 11.9. The molecule has 5 rings (SSSR count). The van der Waals surface area contributed by atoms with Gasteiger partial charge < -0.3 is 21.3 Å². The molecule has 4 aromatic heterocycles. The molecule has 1 saturated heterocycles. The van der Waals surface area contributed by atoms with Gasteiger partial charge in [0.1, 0.15) is 17.7 Å². The highest BCUT2D eigenvalue weighted by atomic mass is 31.2. The molecule has 0 aliphatic carbocycles. The number of hydrogen-bond acceptors (Lipinski definition) is 12. The van der Waals surface area contributed by atoms with Crippen LogP contribution in [0.1, 0.15) is 24.3 Å². The van der Waals surface area contributed by atoms with Crippen LogP contribution < -0.4 is 16.6 Å². The van der Waals surface area contributed by atoms with Crippen LogP contribution in [0.2, 0.25) is 0 Å². The molecule has 0 radical (unpaired) electrons. The number of ether oxygens (including phenoxy) is 1. The quantitative estimate of drug-likeness (QED) is 0.206. The Morgan fingerprint density at radius 1 is 1.18 bits per heavy atom. The fourth-order valence-corrected chi connectivity index (χ4v) is 5.41. The lowest BCUT2D eigenvalue weighted by molar-refractivity contribution is -0.0554. The molecule has 4 aromatic rings. The Labute approximate surface area is 222 Å². The minimum absolute atomic E-state index is 0.0154. The van der Waals surface area contributed by atoms with Crippen molar-refractivity contribution in [2.75, 3.05) is 18.1 Å². The molecule has 0 spiro atoms. The van der Waals surface area contributed by atoms with Crippen molar-refractivity contribution < 1.29 is 27.8 Å². The molecule has 14 nitrogen and oxygen atoms in total. The number of nitrogens with zero attached hydrogens (tertiary/aromatic N) is 6. The molecule has 1 aliphatic rings. The van der Waals surface area contributed by atoms with E-state index in [0.29, 0.717) is 5.56 Å². The molecule has 1 unspecified atom stereocenters. The summed E-state index contributed by atoms with van der Waals surface area (Å²) in [5.74, 6) is -0.117. The summed E-state index contributed by atoms with van der Waals surface area (Å²) in [5, 5.41) is 13.6. The number of aromatic nitrogens is 6. The number of alkyl halides is 1. The van der Waals surface area contributed by atoms with Crippen molar-refractivity contribution in [1.29, 1.82) is 0 Å². The fraction of sp³-hybridized carbons (Fsp3) is 0.348. The Morgan fingerprint density at radius 3 is 2.59 bits per heavy atom. The summed E-state index contributed by atoms with van der Waals surface area (Å²) in [6, 6.07) is 6.98. The molecule has 5 atom stereocenters. The van der Waals surface area contributed by atoms with Crippen LogP contribution in [-0.4, -0.2) is 59.1 Å². The number of rotatable bonds is 10. The molecule has 0 amide bonds. The van der Waals surface area contributed by atoms with Gasteiger partial charge in [-0.25, -0.2) is 19.0 Å². The van der Waals surface area contributed by atoms with Crippen molar-refractivity contribution in [2.24, 2.45) is 0 Å². The number of imidazole rings is 1. The number of nitrogens with two attached hydrogens (primary N) is 2. The Hall–Kier alpha value is -3.59. The summed E-state index contributed by atoms with van der Waals surface area (Å²) in [6.07, 6.45) is 3.37. The zero-order chi connectivity index (χ0) is 27.6. The molecule has 0 bridgehead atoms. The number of aliphatic hydroxyl groups excluding tert-OH is 1. The average Bonchev–Trinajstić information content (AvgIpc) is 3.44. The van der Waals surface area contributed by atoms with Gasteiger partial charge in [0.25, 0.3) is 0 Å². The Morgan fingerprint density at radius 2 is 1.90 bits per heavy atom. The van der Waals surface area contributed by atoms with E-state index in [9.17, 15) is 9.67 Å². The Balaban J connectivity index is 1.33. The number of halogens is 1. The average molecular weight is 559 g/mol. The predicted octanol–water partition coefficient (Wildman–Crippen LogP) is 1.90. The summed E-state index contributed by atoms with van der Waals surface area (Å²) < 4.78 is 47.9. The normalized spacial score (nSPS) is 24.6. The van der Waals surface area contributed by atoms with Crippen molar-refractivity contribution in [3.63, 3.8) is 0 Å². The molecule has 206 valence electrons. The van der Waals surface area contributed by atoms with E-state index in [0.717, 1.165) is 5.56 Å². The van der Waals surface area contributed by atoms with E-state index in [1.165, 1.54) is 17.8 Å². The lowest BCUT2D eigenvalue weighted by Crippen LogP contribution is -2.40. The van der Waals surface area contributed by atoms with E-state index >= 15 is 4.39 Å². The van der Waals surface area contributed by atoms with Crippen LogP contribution in [0.5, 0.6) is 0 Å². The first kappa shape index (κ1) is 27.0. The lowest BCUT2D eigenvalue weighted by Gasteiger charge is -2.24. The molecular weight excluding hydrogens is 532 g/mol. The second-order valence-electron chi connectivity index (χ2n) is 9.04. The van der Waals surface area contributed by atoms with E-state index in [1.54, 1.807) is 49.1 Å². The molecular formula is C23H27FN9O5P. The summed E-state index contributed by atoms with van der Waals surface area (Å²) in [5.41, 5.74) is 11.0. The lowest BCUT2D eigenvalue weighted by atomic mass is 9.98. The fourth-order valence-electron chi connectivity index (χ4n) is 4.11. The van der Waals surface area contributed by atoms with Gasteiger partial charge >= 0.3 is 7.75 Å². The number of nitrogens with one attached hydrogen (secondary N) is 1. The third-order valence-corrected chi connectivity index (χ3v) is 7.67. The van der Waals surface area contributed by atoms with Crippen LogP contribution in [0.4, 0.5) is 16.2 Å². The van der Waals surface area contributed by atoms with Gasteiger partial charge in [0.15, 0.2) is 23.4 Å². The second-order valence-corrected chi connectivity index (χ2v) is 10.9. The maximum atomic E-state index is 15.9. The zero-order valence-electron chi connectivity index (χ0n) is 20.8. The van der Waals surface area contributed by atoms with Crippen LogP contribution in [-0.2, 0) is 31.5 Å². The molecule has 1 aliphatic heterocycles. The van der Waals surface area contributed by atoms with Gasteiger partial charge in [0.05, 0.1) is 19.5 Å². The number of nitrogen functional groups attached to an aromatic ring is 2. The Kier molecular flexibility index (Phi) is 7.53. The van der Waals surface area contributed by atoms with Crippen molar-refractivity contribution in [2.45, 2.75) is 44.2 Å². The topological polar surface area (TPSA) is 198 Å². The monoisotopic (exact) mass is 559 g/mol. The van der Waals surface area contributed by atoms with Gasteiger partial charge in [-0.3, -0.25) is 23.6 Å². The van der Waals surface area contributed by atoms with Crippen molar-refractivity contribution >= 4 is 30.7 Å². The first-order chi connectivity index (χ1) is 18.7. The third kappa shape index (κ3) is 5.73. The van der Waals surface area contributed by atoms with Crippen molar-refractivity contribution in [3.05, 3.63) is 66.5 Å². The first-order valence-corrected chi connectivity index (χ1v) is 13.4. The number of fused-ring (bicyclic) bond motifs is 1. The van der Waals surface area contributed by atoms with E-state index in [2.05, 4.69) is 30.0 Å². The van der Waals surface area contributed by atoms with Gasteiger partial charge in [-0.15, -0.1) is 0 Å². The van der Waals surface area contributed by atoms with E-state index in [-0.39, 0.29) is 36.1 Å². The summed E-state index contributed by atoms with van der Waals surface area (Å²) in [4.78, 5) is 20.1. The number of anilines is 2. The van der Waals surface area contributed by atoms with Gasteiger partial charge in [-0.1, -0.05) is 12.1 Å². The molecule has 5 heterocycles. The number of hydrogen-bond donors (Lipinski definition) is 4. The standard InChI is InChI=1S/C23H27FN9O5P/c1-23(24)18(34)16(38-21(23)33-13-29-17-19(25)31-22(26)32-20(17)33)12-37-39(35,30-10-14-4-2-6-27-8-14)36-11-15-5-3-7-28-9-15/h2-9,13,16,18,21,34H,10-12H2,1H3,(H,30,35)(H4,25,26,31,32)/t16-,18+,21-,23+,39?/m1/s1. The minimum Gasteiger partial charge on any atom is -0.387 e. The predicted molar refractivity (Wildman–Crippen MR) is 137 cm³/mol. The van der Waals surface area contributed by atoms with Crippen LogP contribution in [0.15, 0.2) is 55.4 Å². The van der Waals surface area contributed by atoms with Gasteiger partial charge in [0.2, 0.25) is 5.95 Å². The molecule has 1 fully saturated rings. The summed E-state index contributed by atoms with van der Waals surface area (Å²) in [7, 11) is -3.99.